The Bertz CT molecular complexity index is 380. The Kier molecular flexibility index (Phi) is 8.06. The van der Waals surface area contributed by atoms with Crippen LogP contribution in [0.25, 0.3) is 0 Å². The van der Waals surface area contributed by atoms with Crippen LogP contribution in [0.3, 0.4) is 0 Å². The third-order valence-corrected chi connectivity index (χ3v) is 4.70. The van der Waals surface area contributed by atoms with Gasteiger partial charge in [-0.15, -0.1) is 0 Å². The minimum atomic E-state index is 0.254. The van der Waals surface area contributed by atoms with Crippen LogP contribution < -0.4 is 0 Å². The normalized spacial score (nSPS) is 12.0. The standard InChI is InChI=1S/C19H36N2/c1-6-8-10-12-14-19(4,15-13-11-9-7-2)18-20-17(3)16-21(18)5/h16H,6-15H2,1-5H3. The van der Waals surface area contributed by atoms with Crippen LogP contribution in [0.2, 0.25) is 0 Å². The lowest BCUT2D eigenvalue weighted by molar-refractivity contribution is 0.338. The molecule has 0 saturated heterocycles. The number of rotatable bonds is 11. The third-order valence-electron chi connectivity index (χ3n) is 4.70. The van der Waals surface area contributed by atoms with Crippen LogP contribution in [0.15, 0.2) is 6.20 Å². The number of aryl methyl sites for hydroxylation is 2. The van der Waals surface area contributed by atoms with Crippen molar-refractivity contribution in [2.75, 3.05) is 0 Å². The van der Waals surface area contributed by atoms with Gasteiger partial charge in [-0.1, -0.05) is 72.1 Å². The molecule has 0 aliphatic carbocycles. The zero-order valence-corrected chi connectivity index (χ0v) is 15.0. The Morgan fingerprint density at radius 1 is 0.952 bits per heavy atom. The Hall–Kier alpha value is -0.790. The van der Waals surface area contributed by atoms with Crippen LogP contribution in [0.1, 0.15) is 96.5 Å². The van der Waals surface area contributed by atoms with Gasteiger partial charge < -0.3 is 4.57 Å². The summed E-state index contributed by atoms with van der Waals surface area (Å²) in [4.78, 5) is 4.84. The zero-order valence-electron chi connectivity index (χ0n) is 15.0. The van der Waals surface area contributed by atoms with E-state index >= 15 is 0 Å². The van der Waals surface area contributed by atoms with E-state index in [1.807, 2.05) is 0 Å². The van der Waals surface area contributed by atoms with Crippen LogP contribution in [-0.4, -0.2) is 9.55 Å². The molecule has 0 aromatic carbocycles. The van der Waals surface area contributed by atoms with Gasteiger partial charge in [0.25, 0.3) is 0 Å². The summed E-state index contributed by atoms with van der Waals surface area (Å²) in [7, 11) is 2.16. The van der Waals surface area contributed by atoms with Gasteiger partial charge in [0.05, 0.1) is 5.69 Å². The molecule has 0 unspecified atom stereocenters. The van der Waals surface area contributed by atoms with Crippen molar-refractivity contribution in [2.24, 2.45) is 7.05 Å². The molecular weight excluding hydrogens is 256 g/mol. The van der Waals surface area contributed by atoms with Crippen molar-refractivity contribution in [3.8, 4) is 0 Å². The average Bonchev–Trinajstić information content (AvgIpc) is 2.80. The molecule has 1 aromatic heterocycles. The SMILES string of the molecule is CCCCCCC(C)(CCCCCC)c1nc(C)cn1C. The molecule has 1 aromatic rings. The van der Waals surface area contributed by atoms with Gasteiger partial charge in [0.1, 0.15) is 5.82 Å². The monoisotopic (exact) mass is 292 g/mol. The Morgan fingerprint density at radius 2 is 1.48 bits per heavy atom. The smallest absolute Gasteiger partial charge is 0.114 e. The van der Waals surface area contributed by atoms with Crippen molar-refractivity contribution < 1.29 is 0 Å². The first kappa shape index (κ1) is 18.3. The van der Waals surface area contributed by atoms with Crippen molar-refractivity contribution in [3.05, 3.63) is 17.7 Å². The molecule has 122 valence electrons. The van der Waals surface area contributed by atoms with Gasteiger partial charge in [-0.25, -0.2) is 4.98 Å². The lowest BCUT2D eigenvalue weighted by Gasteiger charge is -2.29. The van der Waals surface area contributed by atoms with Crippen molar-refractivity contribution in [2.45, 2.75) is 97.3 Å². The number of nitrogens with zero attached hydrogens (tertiary/aromatic N) is 2. The minimum absolute atomic E-state index is 0.254. The first-order valence-electron chi connectivity index (χ1n) is 9.04. The van der Waals surface area contributed by atoms with Crippen LogP contribution in [-0.2, 0) is 12.5 Å². The van der Waals surface area contributed by atoms with E-state index in [1.165, 1.54) is 70.0 Å². The van der Waals surface area contributed by atoms with E-state index < -0.39 is 0 Å². The molecular formula is C19H36N2. The summed E-state index contributed by atoms with van der Waals surface area (Å²) in [5.74, 6) is 1.30. The molecule has 0 bridgehead atoms. The maximum Gasteiger partial charge on any atom is 0.114 e. The summed E-state index contributed by atoms with van der Waals surface area (Å²) < 4.78 is 2.26. The summed E-state index contributed by atoms with van der Waals surface area (Å²) in [5.41, 5.74) is 1.41. The summed E-state index contributed by atoms with van der Waals surface area (Å²) in [6.45, 7) is 9.11. The van der Waals surface area contributed by atoms with Crippen LogP contribution in [0.5, 0.6) is 0 Å². The van der Waals surface area contributed by atoms with Crippen LogP contribution >= 0.6 is 0 Å². The minimum Gasteiger partial charge on any atom is -0.337 e. The van der Waals surface area contributed by atoms with Gasteiger partial charge in [0.15, 0.2) is 0 Å². The Morgan fingerprint density at radius 3 is 1.86 bits per heavy atom. The molecule has 21 heavy (non-hydrogen) atoms. The quantitative estimate of drug-likeness (QED) is 0.462. The topological polar surface area (TPSA) is 17.8 Å². The highest BCUT2D eigenvalue weighted by atomic mass is 15.1. The second kappa shape index (κ2) is 9.27. The first-order valence-corrected chi connectivity index (χ1v) is 9.04. The summed E-state index contributed by atoms with van der Waals surface area (Å²) in [6.07, 6.45) is 15.5. The van der Waals surface area contributed by atoms with Gasteiger partial charge in [-0.3, -0.25) is 0 Å². The molecule has 1 heterocycles. The number of aromatic nitrogens is 2. The first-order chi connectivity index (χ1) is 10.0. The molecule has 0 N–H and O–H groups in total. The fourth-order valence-electron chi connectivity index (χ4n) is 3.41. The highest BCUT2D eigenvalue weighted by molar-refractivity contribution is 5.12. The third kappa shape index (κ3) is 5.84. The van der Waals surface area contributed by atoms with Crippen LogP contribution in [0, 0.1) is 6.92 Å². The lowest BCUT2D eigenvalue weighted by atomic mass is 9.78. The highest BCUT2D eigenvalue weighted by Crippen LogP contribution is 2.34. The van der Waals surface area contributed by atoms with Gasteiger partial charge in [0, 0.05) is 18.7 Å². The zero-order chi connectivity index (χ0) is 15.7. The molecule has 2 heteroatoms. The highest BCUT2D eigenvalue weighted by Gasteiger charge is 2.30. The van der Waals surface area contributed by atoms with E-state index in [0.717, 1.165) is 5.69 Å². The lowest BCUT2D eigenvalue weighted by Crippen LogP contribution is -2.26. The van der Waals surface area contributed by atoms with Crippen molar-refractivity contribution in [1.82, 2.24) is 9.55 Å². The molecule has 0 saturated carbocycles. The summed E-state index contributed by atoms with van der Waals surface area (Å²) in [6, 6.07) is 0. The molecule has 0 radical (unpaired) electrons. The van der Waals surface area contributed by atoms with E-state index in [2.05, 4.69) is 45.5 Å². The average molecular weight is 293 g/mol. The molecule has 0 fully saturated rings. The molecule has 1 rings (SSSR count). The molecule has 0 spiro atoms. The van der Waals surface area contributed by atoms with Crippen molar-refractivity contribution in [3.63, 3.8) is 0 Å². The van der Waals surface area contributed by atoms with E-state index in [1.54, 1.807) is 0 Å². The Balaban J connectivity index is 2.70. The molecule has 0 amide bonds. The Labute approximate surface area is 132 Å². The summed E-state index contributed by atoms with van der Waals surface area (Å²) >= 11 is 0. The van der Waals surface area contributed by atoms with Crippen LogP contribution in [0.4, 0.5) is 0 Å². The summed E-state index contributed by atoms with van der Waals surface area (Å²) in [5, 5.41) is 0. The predicted molar refractivity (Wildman–Crippen MR) is 92.8 cm³/mol. The maximum absolute atomic E-state index is 4.84. The molecule has 0 atom stereocenters. The van der Waals surface area contributed by atoms with E-state index in [4.69, 9.17) is 4.98 Å². The largest absolute Gasteiger partial charge is 0.337 e. The number of hydrogen-bond donors (Lipinski definition) is 0. The fraction of sp³-hybridized carbons (Fsp3) is 0.842. The predicted octanol–water partition coefficient (Wildman–Crippen LogP) is 5.93. The number of unbranched alkanes of at least 4 members (excludes halogenated alkanes) is 6. The molecule has 0 aliphatic heterocycles. The van der Waals surface area contributed by atoms with E-state index in [-0.39, 0.29) is 5.41 Å². The fourth-order valence-corrected chi connectivity index (χ4v) is 3.41. The number of imidazole rings is 1. The van der Waals surface area contributed by atoms with Gasteiger partial charge >= 0.3 is 0 Å². The molecule has 2 nitrogen and oxygen atoms in total. The second-order valence-corrected chi connectivity index (χ2v) is 7.00. The van der Waals surface area contributed by atoms with Gasteiger partial charge in [-0.05, 0) is 19.8 Å². The van der Waals surface area contributed by atoms with E-state index in [0.29, 0.717) is 0 Å². The van der Waals surface area contributed by atoms with Gasteiger partial charge in [0.2, 0.25) is 0 Å². The van der Waals surface area contributed by atoms with Crippen molar-refractivity contribution >= 4 is 0 Å². The van der Waals surface area contributed by atoms with Gasteiger partial charge in [-0.2, -0.15) is 0 Å². The maximum atomic E-state index is 4.84. The molecule has 0 aliphatic rings. The van der Waals surface area contributed by atoms with E-state index in [9.17, 15) is 0 Å². The second-order valence-electron chi connectivity index (χ2n) is 7.00. The number of hydrogen-bond acceptors (Lipinski definition) is 1. The van der Waals surface area contributed by atoms with Crippen molar-refractivity contribution in [1.29, 1.82) is 0 Å².